The van der Waals surface area contributed by atoms with Gasteiger partial charge in [0.05, 0.1) is 5.56 Å². The van der Waals surface area contributed by atoms with Crippen molar-refractivity contribution in [2.75, 3.05) is 13.6 Å². The molecule has 0 atom stereocenters. The summed E-state index contributed by atoms with van der Waals surface area (Å²) in [7, 11) is 1.78. The second kappa shape index (κ2) is 4.03. The maximum atomic E-state index is 11.6. The molecule has 0 N–H and O–H groups in total. The molecule has 1 aromatic heterocycles. The van der Waals surface area contributed by atoms with Gasteiger partial charge in [-0.15, -0.1) is 0 Å². The van der Waals surface area contributed by atoms with Crippen molar-refractivity contribution in [2.45, 2.75) is 13.8 Å². The van der Waals surface area contributed by atoms with Crippen LogP contribution >= 0.6 is 0 Å². The summed E-state index contributed by atoms with van der Waals surface area (Å²) in [4.78, 5) is 17.3. The number of nitrogens with zero attached hydrogens (tertiary/aromatic N) is 2. The molecule has 0 aliphatic carbocycles. The van der Waals surface area contributed by atoms with Gasteiger partial charge in [0.2, 0.25) is 0 Å². The Bertz CT molecular complexity index is 310. The molecule has 0 fully saturated rings. The Labute approximate surface area is 78.4 Å². The van der Waals surface area contributed by atoms with Gasteiger partial charge < -0.3 is 4.90 Å². The summed E-state index contributed by atoms with van der Waals surface area (Å²) < 4.78 is 0. The molecule has 0 radical (unpaired) electrons. The Kier molecular flexibility index (Phi) is 3.01. The quantitative estimate of drug-likeness (QED) is 0.687. The number of carbonyl (C=O) groups excluding carboxylic acids is 1. The standard InChI is InChI=1S/C10H14N2O/c1-4-12(3)10(13)9-5-8(2)6-11-7-9/h5-7H,4H2,1-3H3. The SMILES string of the molecule is CCN(C)C(=O)c1cncc(C)c1. The number of amides is 1. The van der Waals surface area contributed by atoms with Gasteiger partial charge in [-0.05, 0) is 25.5 Å². The summed E-state index contributed by atoms with van der Waals surface area (Å²) in [5.41, 5.74) is 1.67. The van der Waals surface area contributed by atoms with Gasteiger partial charge in [0, 0.05) is 26.0 Å². The Hall–Kier alpha value is -1.38. The van der Waals surface area contributed by atoms with Gasteiger partial charge in [0.25, 0.3) is 5.91 Å². The van der Waals surface area contributed by atoms with Gasteiger partial charge in [0.15, 0.2) is 0 Å². The highest BCUT2D eigenvalue weighted by atomic mass is 16.2. The van der Waals surface area contributed by atoms with Crippen LogP contribution in [0.15, 0.2) is 18.5 Å². The summed E-state index contributed by atoms with van der Waals surface area (Å²) in [5.74, 6) is 0.0266. The Morgan fingerprint density at radius 3 is 2.77 bits per heavy atom. The Balaban J connectivity index is 2.89. The molecular weight excluding hydrogens is 164 g/mol. The summed E-state index contributed by atoms with van der Waals surface area (Å²) in [6, 6.07) is 1.85. The topological polar surface area (TPSA) is 33.2 Å². The van der Waals surface area contributed by atoms with E-state index in [9.17, 15) is 4.79 Å². The predicted octanol–water partition coefficient (Wildman–Crippen LogP) is 1.48. The number of hydrogen-bond donors (Lipinski definition) is 0. The molecule has 0 aliphatic heterocycles. The van der Waals surface area contributed by atoms with Crippen LogP contribution in [0.4, 0.5) is 0 Å². The molecule has 0 bridgehead atoms. The van der Waals surface area contributed by atoms with E-state index in [4.69, 9.17) is 0 Å². The van der Waals surface area contributed by atoms with Gasteiger partial charge in [-0.2, -0.15) is 0 Å². The van der Waals surface area contributed by atoms with Crippen LogP contribution in [-0.2, 0) is 0 Å². The molecule has 0 spiro atoms. The van der Waals surface area contributed by atoms with Crippen molar-refractivity contribution in [1.82, 2.24) is 9.88 Å². The predicted molar refractivity (Wildman–Crippen MR) is 51.6 cm³/mol. The highest BCUT2D eigenvalue weighted by molar-refractivity contribution is 5.93. The van der Waals surface area contributed by atoms with Crippen molar-refractivity contribution < 1.29 is 4.79 Å². The number of carbonyl (C=O) groups is 1. The van der Waals surface area contributed by atoms with Crippen molar-refractivity contribution in [3.05, 3.63) is 29.6 Å². The molecule has 0 saturated heterocycles. The largest absolute Gasteiger partial charge is 0.342 e. The van der Waals surface area contributed by atoms with Crippen LogP contribution in [0.3, 0.4) is 0 Å². The molecule has 1 heterocycles. The zero-order valence-electron chi connectivity index (χ0n) is 8.24. The van der Waals surface area contributed by atoms with Crippen LogP contribution in [0.1, 0.15) is 22.8 Å². The molecular formula is C10H14N2O. The number of pyridine rings is 1. The van der Waals surface area contributed by atoms with Gasteiger partial charge in [0.1, 0.15) is 0 Å². The second-order valence-corrected chi connectivity index (χ2v) is 3.07. The van der Waals surface area contributed by atoms with Crippen molar-refractivity contribution in [3.63, 3.8) is 0 Å². The third-order valence-electron chi connectivity index (χ3n) is 1.94. The lowest BCUT2D eigenvalue weighted by atomic mass is 10.2. The van der Waals surface area contributed by atoms with Gasteiger partial charge in [-0.1, -0.05) is 0 Å². The van der Waals surface area contributed by atoms with Crippen molar-refractivity contribution in [2.24, 2.45) is 0 Å². The summed E-state index contributed by atoms with van der Waals surface area (Å²) in [5, 5.41) is 0. The molecule has 70 valence electrons. The monoisotopic (exact) mass is 178 g/mol. The van der Waals surface area contributed by atoms with E-state index in [0.29, 0.717) is 12.1 Å². The van der Waals surface area contributed by atoms with Gasteiger partial charge >= 0.3 is 0 Å². The van der Waals surface area contributed by atoms with E-state index in [-0.39, 0.29) is 5.91 Å². The molecule has 0 unspecified atom stereocenters. The lowest BCUT2D eigenvalue weighted by Crippen LogP contribution is -2.26. The minimum absolute atomic E-state index is 0.0266. The molecule has 1 rings (SSSR count). The number of hydrogen-bond acceptors (Lipinski definition) is 2. The number of aryl methyl sites for hydroxylation is 1. The maximum absolute atomic E-state index is 11.6. The first-order valence-electron chi connectivity index (χ1n) is 4.32. The van der Waals surface area contributed by atoms with E-state index >= 15 is 0 Å². The van der Waals surface area contributed by atoms with Crippen LogP contribution < -0.4 is 0 Å². The highest BCUT2D eigenvalue weighted by Crippen LogP contribution is 2.04. The van der Waals surface area contributed by atoms with Crippen molar-refractivity contribution in [3.8, 4) is 0 Å². The zero-order chi connectivity index (χ0) is 9.84. The fourth-order valence-corrected chi connectivity index (χ4v) is 1.04. The first kappa shape index (κ1) is 9.71. The van der Waals surface area contributed by atoms with E-state index in [0.717, 1.165) is 5.56 Å². The first-order valence-corrected chi connectivity index (χ1v) is 4.32. The maximum Gasteiger partial charge on any atom is 0.255 e. The van der Waals surface area contributed by atoms with Crippen LogP contribution in [0.25, 0.3) is 0 Å². The average molecular weight is 178 g/mol. The molecule has 1 aromatic rings. The first-order chi connectivity index (χ1) is 6.15. The second-order valence-electron chi connectivity index (χ2n) is 3.07. The fourth-order valence-electron chi connectivity index (χ4n) is 1.04. The minimum Gasteiger partial charge on any atom is -0.342 e. The molecule has 0 aromatic carbocycles. The van der Waals surface area contributed by atoms with Crippen LogP contribution in [0.5, 0.6) is 0 Å². The van der Waals surface area contributed by atoms with E-state index in [1.165, 1.54) is 0 Å². The molecule has 3 heteroatoms. The van der Waals surface area contributed by atoms with E-state index < -0.39 is 0 Å². The summed E-state index contributed by atoms with van der Waals surface area (Å²) in [6.07, 6.45) is 3.34. The average Bonchev–Trinajstić information content (AvgIpc) is 2.15. The minimum atomic E-state index is 0.0266. The molecule has 13 heavy (non-hydrogen) atoms. The number of aromatic nitrogens is 1. The van der Waals surface area contributed by atoms with E-state index in [1.807, 2.05) is 19.9 Å². The van der Waals surface area contributed by atoms with E-state index in [2.05, 4.69) is 4.98 Å². The lowest BCUT2D eigenvalue weighted by molar-refractivity contribution is 0.0802. The lowest BCUT2D eigenvalue weighted by Gasteiger charge is -2.13. The normalized spacial score (nSPS) is 9.77. The molecule has 0 aliphatic rings. The van der Waals surface area contributed by atoms with Crippen molar-refractivity contribution >= 4 is 5.91 Å². The third-order valence-corrected chi connectivity index (χ3v) is 1.94. The number of rotatable bonds is 2. The summed E-state index contributed by atoms with van der Waals surface area (Å²) >= 11 is 0. The van der Waals surface area contributed by atoms with Crippen molar-refractivity contribution in [1.29, 1.82) is 0 Å². The van der Waals surface area contributed by atoms with Gasteiger partial charge in [-0.3, -0.25) is 9.78 Å². The van der Waals surface area contributed by atoms with Crippen LogP contribution in [0, 0.1) is 6.92 Å². The Morgan fingerprint density at radius 1 is 1.54 bits per heavy atom. The third kappa shape index (κ3) is 2.28. The fraction of sp³-hybridized carbons (Fsp3) is 0.400. The van der Waals surface area contributed by atoms with E-state index in [1.54, 1.807) is 24.3 Å². The molecule has 0 saturated carbocycles. The smallest absolute Gasteiger partial charge is 0.255 e. The zero-order valence-corrected chi connectivity index (χ0v) is 8.24. The summed E-state index contributed by atoms with van der Waals surface area (Å²) in [6.45, 7) is 4.59. The molecule has 1 amide bonds. The van der Waals surface area contributed by atoms with Gasteiger partial charge in [-0.25, -0.2) is 0 Å². The Morgan fingerprint density at radius 2 is 2.23 bits per heavy atom. The van der Waals surface area contributed by atoms with Crippen LogP contribution in [-0.4, -0.2) is 29.4 Å². The molecule has 3 nitrogen and oxygen atoms in total. The van der Waals surface area contributed by atoms with Crippen LogP contribution in [0.2, 0.25) is 0 Å². The highest BCUT2D eigenvalue weighted by Gasteiger charge is 2.09.